The Morgan fingerprint density at radius 3 is 2.86 bits per heavy atom. The van der Waals surface area contributed by atoms with E-state index in [1.165, 1.54) is 11.3 Å². The van der Waals surface area contributed by atoms with E-state index in [9.17, 15) is 9.90 Å². The summed E-state index contributed by atoms with van der Waals surface area (Å²) in [7, 11) is 0. The SMILES string of the molecule is Cc1ccc(-c2nc(CC(=O)NC3(CO)CCCC3)cs2)o1. The molecular formula is C16H20N2O3S. The van der Waals surface area contributed by atoms with Gasteiger partial charge in [0.1, 0.15) is 5.76 Å². The third-order valence-electron chi connectivity index (χ3n) is 4.11. The summed E-state index contributed by atoms with van der Waals surface area (Å²) in [4.78, 5) is 16.7. The molecule has 1 fully saturated rings. The van der Waals surface area contributed by atoms with Gasteiger partial charge in [0.25, 0.3) is 0 Å². The Bertz CT molecular complexity index is 656. The van der Waals surface area contributed by atoms with Gasteiger partial charge in [0, 0.05) is 5.38 Å². The largest absolute Gasteiger partial charge is 0.459 e. The van der Waals surface area contributed by atoms with Gasteiger partial charge >= 0.3 is 0 Å². The van der Waals surface area contributed by atoms with Gasteiger partial charge in [-0.2, -0.15) is 0 Å². The lowest BCUT2D eigenvalue weighted by atomic mass is 9.98. The van der Waals surface area contributed by atoms with Crippen molar-refractivity contribution >= 4 is 17.2 Å². The van der Waals surface area contributed by atoms with Crippen molar-refractivity contribution in [2.45, 2.75) is 44.6 Å². The van der Waals surface area contributed by atoms with E-state index in [1.54, 1.807) is 0 Å². The Kier molecular flexibility index (Phi) is 4.31. The van der Waals surface area contributed by atoms with E-state index in [2.05, 4.69) is 10.3 Å². The molecule has 1 saturated carbocycles. The number of furan rings is 1. The van der Waals surface area contributed by atoms with Crippen molar-refractivity contribution in [1.82, 2.24) is 10.3 Å². The summed E-state index contributed by atoms with van der Waals surface area (Å²) >= 11 is 1.47. The lowest BCUT2D eigenvalue weighted by Crippen LogP contribution is -2.49. The van der Waals surface area contributed by atoms with Gasteiger partial charge < -0.3 is 14.8 Å². The average Bonchev–Trinajstić information content (AvgIpc) is 3.20. The van der Waals surface area contributed by atoms with E-state index < -0.39 is 5.54 Å². The Hall–Kier alpha value is -1.66. The van der Waals surface area contributed by atoms with Crippen LogP contribution in [-0.4, -0.2) is 28.1 Å². The molecule has 0 atom stereocenters. The number of aliphatic hydroxyl groups excluding tert-OH is 1. The minimum Gasteiger partial charge on any atom is -0.459 e. The molecule has 118 valence electrons. The molecule has 22 heavy (non-hydrogen) atoms. The summed E-state index contributed by atoms with van der Waals surface area (Å²) in [5.41, 5.74) is 0.311. The van der Waals surface area contributed by atoms with E-state index in [-0.39, 0.29) is 18.9 Å². The van der Waals surface area contributed by atoms with Crippen LogP contribution in [0.5, 0.6) is 0 Å². The van der Waals surface area contributed by atoms with Crippen molar-refractivity contribution in [1.29, 1.82) is 0 Å². The van der Waals surface area contributed by atoms with E-state index >= 15 is 0 Å². The fourth-order valence-electron chi connectivity index (χ4n) is 2.93. The van der Waals surface area contributed by atoms with Crippen LogP contribution >= 0.6 is 11.3 Å². The van der Waals surface area contributed by atoms with Crippen molar-refractivity contribution in [3.8, 4) is 10.8 Å². The van der Waals surface area contributed by atoms with Crippen LogP contribution in [0.15, 0.2) is 21.9 Å². The quantitative estimate of drug-likeness (QED) is 0.888. The standard InChI is InChI=1S/C16H20N2O3S/c1-11-4-5-13(21-11)15-17-12(9-22-15)8-14(20)18-16(10-19)6-2-3-7-16/h4-5,9,19H,2-3,6-8,10H2,1H3,(H,18,20). The topological polar surface area (TPSA) is 75.4 Å². The number of hydrogen-bond acceptors (Lipinski definition) is 5. The average molecular weight is 320 g/mol. The number of aryl methyl sites for hydroxylation is 1. The minimum absolute atomic E-state index is 0.00667. The van der Waals surface area contributed by atoms with E-state index in [0.29, 0.717) is 0 Å². The first-order valence-corrected chi connectivity index (χ1v) is 8.41. The zero-order valence-electron chi connectivity index (χ0n) is 12.6. The molecule has 0 unspecified atom stereocenters. The van der Waals surface area contributed by atoms with Crippen LogP contribution in [0.4, 0.5) is 0 Å². The predicted octanol–water partition coefficient (Wildman–Crippen LogP) is 2.68. The number of nitrogens with zero attached hydrogens (tertiary/aromatic N) is 1. The molecule has 1 amide bonds. The van der Waals surface area contributed by atoms with E-state index in [0.717, 1.165) is 47.9 Å². The normalized spacial score (nSPS) is 16.8. The number of rotatable bonds is 5. The first-order chi connectivity index (χ1) is 10.6. The van der Waals surface area contributed by atoms with Crippen molar-refractivity contribution < 1.29 is 14.3 Å². The minimum atomic E-state index is -0.423. The van der Waals surface area contributed by atoms with Gasteiger partial charge in [0.2, 0.25) is 5.91 Å². The Balaban J connectivity index is 1.63. The summed E-state index contributed by atoms with van der Waals surface area (Å²) < 4.78 is 5.54. The molecular weight excluding hydrogens is 300 g/mol. The first-order valence-electron chi connectivity index (χ1n) is 7.53. The summed E-state index contributed by atoms with van der Waals surface area (Å²) in [6.07, 6.45) is 4.05. The number of hydrogen-bond donors (Lipinski definition) is 2. The molecule has 1 aliphatic rings. The first kappa shape index (κ1) is 15.2. The monoisotopic (exact) mass is 320 g/mol. The van der Waals surface area contributed by atoms with Gasteiger partial charge in [-0.15, -0.1) is 11.3 Å². The molecule has 2 N–H and O–H groups in total. The Morgan fingerprint density at radius 1 is 1.45 bits per heavy atom. The number of carbonyl (C=O) groups excluding carboxylic acids is 1. The predicted molar refractivity (Wildman–Crippen MR) is 84.7 cm³/mol. The molecule has 2 aromatic rings. The van der Waals surface area contributed by atoms with Gasteiger partial charge in [-0.1, -0.05) is 12.8 Å². The second-order valence-electron chi connectivity index (χ2n) is 5.92. The van der Waals surface area contributed by atoms with Crippen LogP contribution in [0.1, 0.15) is 37.1 Å². The number of aromatic nitrogens is 1. The number of amides is 1. The lowest BCUT2D eigenvalue weighted by Gasteiger charge is -2.27. The fourth-order valence-corrected chi connectivity index (χ4v) is 3.71. The zero-order valence-corrected chi connectivity index (χ0v) is 13.4. The van der Waals surface area contributed by atoms with Crippen molar-refractivity contribution in [2.24, 2.45) is 0 Å². The van der Waals surface area contributed by atoms with Crippen LogP contribution < -0.4 is 5.32 Å². The second kappa shape index (κ2) is 6.22. The number of aliphatic hydroxyl groups is 1. The van der Waals surface area contributed by atoms with Crippen molar-refractivity contribution in [3.63, 3.8) is 0 Å². The van der Waals surface area contributed by atoms with Crippen LogP contribution in [0, 0.1) is 6.92 Å². The van der Waals surface area contributed by atoms with Gasteiger partial charge in [-0.05, 0) is 31.9 Å². The highest BCUT2D eigenvalue weighted by Crippen LogP contribution is 2.29. The van der Waals surface area contributed by atoms with E-state index in [1.807, 2.05) is 24.4 Å². The van der Waals surface area contributed by atoms with Crippen LogP contribution in [0.2, 0.25) is 0 Å². The fraction of sp³-hybridized carbons (Fsp3) is 0.500. The molecule has 0 bridgehead atoms. The maximum atomic E-state index is 12.2. The molecule has 5 nitrogen and oxygen atoms in total. The van der Waals surface area contributed by atoms with Gasteiger partial charge in [0.15, 0.2) is 10.8 Å². The molecule has 0 spiro atoms. The molecule has 2 aromatic heterocycles. The maximum Gasteiger partial charge on any atom is 0.226 e. The van der Waals surface area contributed by atoms with Gasteiger partial charge in [-0.3, -0.25) is 4.79 Å². The van der Waals surface area contributed by atoms with Gasteiger partial charge in [-0.25, -0.2) is 4.98 Å². The lowest BCUT2D eigenvalue weighted by molar-refractivity contribution is -0.123. The van der Waals surface area contributed by atoms with Crippen LogP contribution in [0.3, 0.4) is 0 Å². The Labute approximate surface area is 133 Å². The summed E-state index contributed by atoms with van der Waals surface area (Å²) in [5, 5.41) is 15.2. The molecule has 0 saturated heterocycles. The van der Waals surface area contributed by atoms with Crippen molar-refractivity contribution in [3.05, 3.63) is 29.0 Å². The van der Waals surface area contributed by atoms with Gasteiger partial charge in [0.05, 0.1) is 24.3 Å². The molecule has 1 aliphatic carbocycles. The molecule has 0 aromatic carbocycles. The van der Waals surface area contributed by atoms with E-state index in [4.69, 9.17) is 4.42 Å². The molecule has 6 heteroatoms. The third-order valence-corrected chi connectivity index (χ3v) is 5.02. The number of thiazole rings is 1. The summed E-state index contributed by atoms with van der Waals surface area (Å²) in [6, 6.07) is 3.78. The number of carbonyl (C=O) groups is 1. The van der Waals surface area contributed by atoms with Crippen molar-refractivity contribution in [2.75, 3.05) is 6.61 Å². The maximum absolute atomic E-state index is 12.2. The Morgan fingerprint density at radius 2 is 2.23 bits per heavy atom. The smallest absolute Gasteiger partial charge is 0.226 e. The molecule has 2 heterocycles. The second-order valence-corrected chi connectivity index (χ2v) is 6.78. The van der Waals surface area contributed by atoms with Crippen LogP contribution in [-0.2, 0) is 11.2 Å². The highest BCUT2D eigenvalue weighted by Gasteiger charge is 2.34. The summed E-state index contributed by atoms with van der Waals surface area (Å²) in [5.74, 6) is 1.50. The molecule has 0 aliphatic heterocycles. The molecule has 0 radical (unpaired) electrons. The highest BCUT2D eigenvalue weighted by atomic mass is 32.1. The highest BCUT2D eigenvalue weighted by molar-refractivity contribution is 7.13. The number of nitrogens with one attached hydrogen (secondary N) is 1. The molecule has 3 rings (SSSR count). The third kappa shape index (κ3) is 3.23. The van der Waals surface area contributed by atoms with Crippen LogP contribution in [0.25, 0.3) is 10.8 Å². The summed E-state index contributed by atoms with van der Waals surface area (Å²) in [6.45, 7) is 1.90. The zero-order chi connectivity index (χ0) is 15.6.